The number of benzene rings is 1. The van der Waals surface area contributed by atoms with Gasteiger partial charge in [0.1, 0.15) is 0 Å². The quantitative estimate of drug-likeness (QED) is 0.782. The van der Waals surface area contributed by atoms with E-state index in [9.17, 15) is 0 Å². The first-order valence-electron chi connectivity index (χ1n) is 5.06. The maximum atomic E-state index is 3.33. The lowest BCUT2D eigenvalue weighted by Crippen LogP contribution is -2.11. The summed E-state index contributed by atoms with van der Waals surface area (Å²) in [4.78, 5) is 0. The van der Waals surface area contributed by atoms with Crippen molar-refractivity contribution in [3.05, 3.63) is 36.0 Å². The molecule has 1 aromatic heterocycles. The molecule has 0 aliphatic carbocycles. The number of rotatable bonds is 3. The van der Waals surface area contributed by atoms with Crippen LogP contribution in [0.15, 0.2) is 30.5 Å². The zero-order valence-corrected chi connectivity index (χ0v) is 8.75. The fourth-order valence-corrected chi connectivity index (χ4v) is 1.71. The predicted molar refractivity (Wildman–Crippen MR) is 60.3 cm³/mol. The molecule has 0 fully saturated rings. The molecule has 0 aliphatic heterocycles. The zero-order chi connectivity index (χ0) is 9.97. The van der Waals surface area contributed by atoms with E-state index in [4.69, 9.17) is 0 Å². The number of fused-ring (bicyclic) bond motifs is 1. The third-order valence-electron chi connectivity index (χ3n) is 2.53. The van der Waals surface area contributed by atoms with Crippen LogP contribution < -0.4 is 5.32 Å². The highest BCUT2D eigenvalue weighted by atomic mass is 14.9. The molecular formula is C12H16N2. The van der Waals surface area contributed by atoms with Crippen LogP contribution in [-0.2, 0) is 13.6 Å². The number of nitrogens with one attached hydrogen (secondary N) is 1. The topological polar surface area (TPSA) is 17.0 Å². The molecule has 2 aromatic rings. The van der Waals surface area contributed by atoms with Gasteiger partial charge in [-0.1, -0.05) is 13.0 Å². The molecule has 1 N–H and O–H groups in total. The molecule has 0 unspecified atom stereocenters. The second kappa shape index (κ2) is 3.84. The van der Waals surface area contributed by atoms with E-state index in [1.54, 1.807) is 0 Å². The Labute approximate surface area is 84.5 Å². The molecule has 1 aromatic carbocycles. The largest absolute Gasteiger partial charge is 0.351 e. The molecule has 0 spiro atoms. The number of hydrogen-bond donors (Lipinski definition) is 1. The van der Waals surface area contributed by atoms with E-state index < -0.39 is 0 Å². The second-order valence-corrected chi connectivity index (χ2v) is 3.60. The summed E-state index contributed by atoms with van der Waals surface area (Å²) in [6.45, 7) is 4.11. The minimum Gasteiger partial charge on any atom is -0.351 e. The molecule has 74 valence electrons. The number of aromatic nitrogens is 1. The molecule has 1 heterocycles. The van der Waals surface area contributed by atoms with Gasteiger partial charge < -0.3 is 9.88 Å². The fraction of sp³-hybridized carbons (Fsp3) is 0.333. The van der Waals surface area contributed by atoms with Crippen LogP contribution in [0.5, 0.6) is 0 Å². The fourth-order valence-electron chi connectivity index (χ4n) is 1.71. The molecule has 0 aliphatic rings. The van der Waals surface area contributed by atoms with Crippen LogP contribution in [0.4, 0.5) is 0 Å². The van der Waals surface area contributed by atoms with Crippen molar-refractivity contribution < 1.29 is 0 Å². The minimum atomic E-state index is 0.960. The maximum absolute atomic E-state index is 3.33. The molecular weight excluding hydrogens is 172 g/mol. The molecule has 2 heteroatoms. The third-order valence-corrected chi connectivity index (χ3v) is 2.53. The van der Waals surface area contributed by atoms with Crippen LogP contribution in [0.25, 0.3) is 10.9 Å². The highest BCUT2D eigenvalue weighted by Gasteiger charge is 1.98. The highest BCUT2D eigenvalue weighted by molar-refractivity contribution is 5.80. The molecule has 0 saturated carbocycles. The Bertz CT molecular complexity index is 429. The Hall–Kier alpha value is -1.28. The monoisotopic (exact) mass is 188 g/mol. The average Bonchev–Trinajstić information content (AvgIpc) is 2.57. The zero-order valence-electron chi connectivity index (χ0n) is 8.75. The normalized spacial score (nSPS) is 11.0. The van der Waals surface area contributed by atoms with Gasteiger partial charge in [0.2, 0.25) is 0 Å². The van der Waals surface area contributed by atoms with Gasteiger partial charge in [-0.25, -0.2) is 0 Å². The van der Waals surface area contributed by atoms with E-state index in [-0.39, 0.29) is 0 Å². The molecule has 14 heavy (non-hydrogen) atoms. The van der Waals surface area contributed by atoms with Crippen LogP contribution in [0, 0.1) is 0 Å². The first-order valence-corrected chi connectivity index (χ1v) is 5.06. The van der Waals surface area contributed by atoms with Crippen LogP contribution in [0.3, 0.4) is 0 Å². The average molecular weight is 188 g/mol. The van der Waals surface area contributed by atoms with Crippen molar-refractivity contribution in [1.82, 2.24) is 9.88 Å². The third kappa shape index (κ3) is 1.66. The van der Waals surface area contributed by atoms with Crippen molar-refractivity contribution >= 4 is 10.9 Å². The summed E-state index contributed by atoms with van der Waals surface area (Å²) in [6, 6.07) is 8.77. The summed E-state index contributed by atoms with van der Waals surface area (Å²) < 4.78 is 2.15. The van der Waals surface area contributed by atoms with E-state index in [1.165, 1.54) is 16.5 Å². The van der Waals surface area contributed by atoms with Crippen molar-refractivity contribution in [1.29, 1.82) is 0 Å². The van der Waals surface area contributed by atoms with Gasteiger partial charge in [-0.05, 0) is 35.7 Å². The lowest BCUT2D eigenvalue weighted by molar-refractivity contribution is 0.727. The summed E-state index contributed by atoms with van der Waals surface area (Å²) in [7, 11) is 2.08. The van der Waals surface area contributed by atoms with Crippen LogP contribution in [0.2, 0.25) is 0 Å². The van der Waals surface area contributed by atoms with E-state index in [0.717, 1.165) is 13.1 Å². The molecule has 2 rings (SSSR count). The van der Waals surface area contributed by atoms with Gasteiger partial charge in [0, 0.05) is 25.3 Å². The number of aryl methyl sites for hydroxylation is 1. The van der Waals surface area contributed by atoms with E-state index in [0.29, 0.717) is 0 Å². The Balaban J connectivity index is 2.32. The van der Waals surface area contributed by atoms with E-state index in [2.05, 4.69) is 54.3 Å². The number of hydrogen-bond acceptors (Lipinski definition) is 1. The van der Waals surface area contributed by atoms with Crippen molar-refractivity contribution in [2.45, 2.75) is 13.5 Å². The predicted octanol–water partition coefficient (Wildman–Crippen LogP) is 2.29. The maximum Gasteiger partial charge on any atom is 0.0477 e. The lowest BCUT2D eigenvalue weighted by Gasteiger charge is -2.02. The summed E-state index contributed by atoms with van der Waals surface area (Å²) in [5.74, 6) is 0. The summed E-state index contributed by atoms with van der Waals surface area (Å²) in [5.41, 5.74) is 2.65. The molecule has 0 amide bonds. The van der Waals surface area contributed by atoms with E-state index >= 15 is 0 Å². The summed E-state index contributed by atoms with van der Waals surface area (Å²) in [5, 5.41) is 4.65. The Morgan fingerprint density at radius 1 is 1.29 bits per heavy atom. The van der Waals surface area contributed by atoms with Gasteiger partial charge in [0.05, 0.1) is 0 Å². The van der Waals surface area contributed by atoms with Gasteiger partial charge in [0.15, 0.2) is 0 Å². The molecule has 0 atom stereocenters. The number of nitrogens with zero attached hydrogens (tertiary/aromatic N) is 1. The molecule has 2 nitrogen and oxygen atoms in total. The second-order valence-electron chi connectivity index (χ2n) is 3.60. The van der Waals surface area contributed by atoms with E-state index in [1.807, 2.05) is 0 Å². The van der Waals surface area contributed by atoms with Crippen LogP contribution in [-0.4, -0.2) is 11.1 Å². The molecule has 0 radical (unpaired) electrons. The van der Waals surface area contributed by atoms with Crippen molar-refractivity contribution in [2.75, 3.05) is 6.54 Å². The van der Waals surface area contributed by atoms with Gasteiger partial charge in [-0.3, -0.25) is 0 Å². The van der Waals surface area contributed by atoms with Gasteiger partial charge in [-0.2, -0.15) is 0 Å². The Kier molecular flexibility index (Phi) is 2.55. The highest BCUT2D eigenvalue weighted by Crippen LogP contribution is 2.16. The Morgan fingerprint density at radius 2 is 2.14 bits per heavy atom. The smallest absolute Gasteiger partial charge is 0.0477 e. The van der Waals surface area contributed by atoms with Gasteiger partial charge >= 0.3 is 0 Å². The minimum absolute atomic E-state index is 0.960. The first kappa shape index (κ1) is 9.28. The van der Waals surface area contributed by atoms with Gasteiger partial charge in [-0.15, -0.1) is 0 Å². The van der Waals surface area contributed by atoms with Crippen molar-refractivity contribution in [2.24, 2.45) is 7.05 Å². The first-order chi connectivity index (χ1) is 6.81. The van der Waals surface area contributed by atoms with Crippen LogP contribution in [0.1, 0.15) is 12.5 Å². The SMILES string of the molecule is CCNCc1ccc2c(ccn2C)c1. The Morgan fingerprint density at radius 3 is 2.93 bits per heavy atom. The summed E-state index contributed by atoms with van der Waals surface area (Å²) in [6.07, 6.45) is 2.10. The summed E-state index contributed by atoms with van der Waals surface area (Å²) >= 11 is 0. The van der Waals surface area contributed by atoms with Crippen molar-refractivity contribution in [3.63, 3.8) is 0 Å². The van der Waals surface area contributed by atoms with Gasteiger partial charge in [0.25, 0.3) is 0 Å². The van der Waals surface area contributed by atoms with Crippen LogP contribution >= 0.6 is 0 Å². The standard InChI is InChI=1S/C12H16N2/c1-3-13-9-10-4-5-12-11(8-10)6-7-14(12)2/h4-8,13H,3,9H2,1-2H3. The molecule has 0 bridgehead atoms. The van der Waals surface area contributed by atoms with Crippen molar-refractivity contribution in [3.8, 4) is 0 Å². The lowest BCUT2D eigenvalue weighted by atomic mass is 10.1. The molecule has 0 saturated heterocycles.